The van der Waals surface area contributed by atoms with Crippen LogP contribution in [0.3, 0.4) is 0 Å². The number of carbonyl (C=O) groups is 1. The molecule has 0 saturated heterocycles. The third-order valence-corrected chi connectivity index (χ3v) is 3.81. The second-order valence-electron chi connectivity index (χ2n) is 4.56. The fourth-order valence-corrected chi connectivity index (χ4v) is 2.49. The summed E-state index contributed by atoms with van der Waals surface area (Å²) in [4.78, 5) is 16.2. The first-order chi connectivity index (χ1) is 8.58. The Morgan fingerprint density at radius 3 is 2.83 bits per heavy atom. The van der Waals surface area contributed by atoms with E-state index in [1.807, 2.05) is 38.1 Å². The summed E-state index contributed by atoms with van der Waals surface area (Å²) in [5.74, 6) is 0.0182. The maximum absolute atomic E-state index is 11.7. The largest absolute Gasteiger partial charge is 0.348 e. The minimum Gasteiger partial charge on any atom is -0.348 e. The maximum atomic E-state index is 11.7. The Labute approximate surface area is 110 Å². The predicted molar refractivity (Wildman–Crippen MR) is 74.3 cm³/mol. The van der Waals surface area contributed by atoms with Crippen molar-refractivity contribution in [2.24, 2.45) is 11.7 Å². The van der Waals surface area contributed by atoms with Crippen molar-refractivity contribution < 1.29 is 4.79 Å². The van der Waals surface area contributed by atoms with E-state index in [-0.39, 0.29) is 11.8 Å². The lowest BCUT2D eigenvalue weighted by molar-refractivity contribution is -0.123. The Bertz CT molecular complexity index is 517. The van der Waals surface area contributed by atoms with Crippen LogP contribution in [0.4, 0.5) is 0 Å². The van der Waals surface area contributed by atoms with Gasteiger partial charge < -0.3 is 11.1 Å². The van der Waals surface area contributed by atoms with E-state index < -0.39 is 6.04 Å². The highest BCUT2D eigenvalue weighted by Crippen LogP contribution is 2.21. The average molecular weight is 263 g/mol. The summed E-state index contributed by atoms with van der Waals surface area (Å²) in [7, 11) is 0. The Balaban J connectivity index is 2.00. The molecule has 1 heterocycles. The first-order valence-corrected chi connectivity index (χ1v) is 6.77. The van der Waals surface area contributed by atoms with Gasteiger partial charge in [-0.1, -0.05) is 26.0 Å². The zero-order chi connectivity index (χ0) is 13.1. The topological polar surface area (TPSA) is 68.0 Å². The third kappa shape index (κ3) is 2.86. The minimum absolute atomic E-state index is 0.121. The Kier molecular flexibility index (Phi) is 3.93. The van der Waals surface area contributed by atoms with E-state index in [0.717, 1.165) is 15.2 Å². The van der Waals surface area contributed by atoms with E-state index in [1.54, 1.807) is 11.3 Å². The fraction of sp³-hybridized carbons (Fsp3) is 0.385. The fourth-order valence-electron chi connectivity index (χ4n) is 1.58. The zero-order valence-electron chi connectivity index (χ0n) is 10.5. The number of hydrogen-bond acceptors (Lipinski definition) is 4. The van der Waals surface area contributed by atoms with E-state index in [1.165, 1.54) is 0 Å². The number of fused-ring (bicyclic) bond motifs is 1. The van der Waals surface area contributed by atoms with Crippen LogP contribution in [-0.4, -0.2) is 16.9 Å². The SMILES string of the molecule is CC(C)C(N)C(=O)NCc1nc2ccccc2s1. The molecule has 4 nitrogen and oxygen atoms in total. The molecule has 0 bridgehead atoms. The first kappa shape index (κ1) is 13.0. The van der Waals surface area contributed by atoms with Crippen molar-refractivity contribution in [3.05, 3.63) is 29.3 Å². The van der Waals surface area contributed by atoms with Crippen molar-refractivity contribution in [1.82, 2.24) is 10.3 Å². The Hall–Kier alpha value is -1.46. The molecule has 1 atom stereocenters. The van der Waals surface area contributed by atoms with Crippen LogP contribution in [0.2, 0.25) is 0 Å². The molecule has 2 aromatic rings. The van der Waals surface area contributed by atoms with Gasteiger partial charge in [-0.2, -0.15) is 0 Å². The van der Waals surface area contributed by atoms with Gasteiger partial charge in [0, 0.05) is 0 Å². The molecule has 0 fully saturated rings. The van der Waals surface area contributed by atoms with Gasteiger partial charge in [0.15, 0.2) is 0 Å². The van der Waals surface area contributed by atoms with Crippen LogP contribution < -0.4 is 11.1 Å². The van der Waals surface area contributed by atoms with Gasteiger partial charge in [-0.15, -0.1) is 11.3 Å². The van der Waals surface area contributed by atoms with Crippen LogP contribution in [0, 0.1) is 5.92 Å². The van der Waals surface area contributed by atoms with E-state index in [9.17, 15) is 4.79 Å². The lowest BCUT2D eigenvalue weighted by atomic mass is 10.1. The summed E-state index contributed by atoms with van der Waals surface area (Å²) in [6.07, 6.45) is 0. The van der Waals surface area contributed by atoms with Gasteiger partial charge >= 0.3 is 0 Å². The van der Waals surface area contributed by atoms with E-state index in [2.05, 4.69) is 10.3 Å². The highest BCUT2D eigenvalue weighted by atomic mass is 32.1. The van der Waals surface area contributed by atoms with Gasteiger partial charge in [-0.05, 0) is 18.1 Å². The Morgan fingerprint density at radius 1 is 1.44 bits per heavy atom. The highest BCUT2D eigenvalue weighted by molar-refractivity contribution is 7.18. The van der Waals surface area contributed by atoms with Crippen molar-refractivity contribution in [3.8, 4) is 0 Å². The lowest BCUT2D eigenvalue weighted by Gasteiger charge is -2.14. The zero-order valence-corrected chi connectivity index (χ0v) is 11.3. The molecule has 0 saturated carbocycles. The lowest BCUT2D eigenvalue weighted by Crippen LogP contribution is -2.43. The van der Waals surface area contributed by atoms with Crippen molar-refractivity contribution >= 4 is 27.5 Å². The van der Waals surface area contributed by atoms with Gasteiger partial charge in [-0.25, -0.2) is 4.98 Å². The molecule has 1 amide bonds. The standard InChI is InChI=1S/C13H17N3OS/c1-8(2)12(14)13(17)15-7-11-16-9-5-3-4-6-10(9)18-11/h3-6,8,12H,7,14H2,1-2H3,(H,15,17). The van der Waals surface area contributed by atoms with Crippen LogP contribution in [0.1, 0.15) is 18.9 Å². The summed E-state index contributed by atoms with van der Waals surface area (Å²) in [5.41, 5.74) is 6.74. The van der Waals surface area contributed by atoms with Gasteiger partial charge in [0.05, 0.1) is 22.8 Å². The second kappa shape index (κ2) is 5.46. The molecular weight excluding hydrogens is 246 g/mol. The number of nitrogens with zero attached hydrogens (tertiary/aromatic N) is 1. The van der Waals surface area contributed by atoms with Crippen molar-refractivity contribution in [2.45, 2.75) is 26.4 Å². The molecule has 0 aliphatic rings. The molecule has 0 aliphatic heterocycles. The highest BCUT2D eigenvalue weighted by Gasteiger charge is 2.17. The van der Waals surface area contributed by atoms with E-state index in [0.29, 0.717) is 6.54 Å². The van der Waals surface area contributed by atoms with Crippen LogP contribution in [0.15, 0.2) is 24.3 Å². The van der Waals surface area contributed by atoms with E-state index in [4.69, 9.17) is 5.73 Å². The van der Waals surface area contributed by atoms with Gasteiger partial charge in [-0.3, -0.25) is 4.79 Å². The summed E-state index contributed by atoms with van der Waals surface area (Å²) in [6.45, 7) is 4.31. The third-order valence-electron chi connectivity index (χ3n) is 2.77. The number of thiazole rings is 1. The van der Waals surface area contributed by atoms with Gasteiger partial charge in [0.1, 0.15) is 5.01 Å². The summed E-state index contributed by atoms with van der Waals surface area (Å²) < 4.78 is 1.13. The number of amides is 1. The average Bonchev–Trinajstić information content (AvgIpc) is 2.77. The monoisotopic (exact) mass is 263 g/mol. The number of rotatable bonds is 4. The molecule has 0 radical (unpaired) electrons. The molecule has 96 valence electrons. The van der Waals surface area contributed by atoms with Crippen LogP contribution in [-0.2, 0) is 11.3 Å². The number of aromatic nitrogens is 1. The molecule has 0 spiro atoms. The molecular formula is C13H17N3OS. The summed E-state index contributed by atoms with van der Waals surface area (Å²) in [6, 6.07) is 7.48. The van der Waals surface area contributed by atoms with Crippen LogP contribution in [0.25, 0.3) is 10.2 Å². The molecule has 3 N–H and O–H groups in total. The van der Waals surface area contributed by atoms with Crippen LogP contribution in [0.5, 0.6) is 0 Å². The number of nitrogens with two attached hydrogens (primary N) is 1. The number of nitrogens with one attached hydrogen (secondary N) is 1. The molecule has 1 unspecified atom stereocenters. The molecule has 5 heteroatoms. The molecule has 2 rings (SSSR count). The molecule has 1 aromatic carbocycles. The number of benzene rings is 1. The normalized spacial score (nSPS) is 12.9. The van der Waals surface area contributed by atoms with Crippen molar-refractivity contribution in [2.75, 3.05) is 0 Å². The molecule has 18 heavy (non-hydrogen) atoms. The van der Waals surface area contributed by atoms with Crippen molar-refractivity contribution in [3.63, 3.8) is 0 Å². The Morgan fingerprint density at radius 2 is 2.17 bits per heavy atom. The second-order valence-corrected chi connectivity index (χ2v) is 5.68. The predicted octanol–water partition coefficient (Wildman–Crippen LogP) is 1.90. The van der Waals surface area contributed by atoms with E-state index >= 15 is 0 Å². The maximum Gasteiger partial charge on any atom is 0.237 e. The first-order valence-electron chi connectivity index (χ1n) is 5.95. The number of hydrogen-bond donors (Lipinski definition) is 2. The van der Waals surface area contributed by atoms with Crippen molar-refractivity contribution in [1.29, 1.82) is 0 Å². The van der Waals surface area contributed by atoms with Gasteiger partial charge in [0.25, 0.3) is 0 Å². The minimum atomic E-state index is -0.459. The smallest absolute Gasteiger partial charge is 0.237 e. The number of para-hydroxylation sites is 1. The van der Waals surface area contributed by atoms with Crippen LogP contribution >= 0.6 is 11.3 Å². The number of carbonyl (C=O) groups excluding carboxylic acids is 1. The quantitative estimate of drug-likeness (QED) is 0.885. The summed E-state index contributed by atoms with van der Waals surface area (Å²) >= 11 is 1.59. The molecule has 0 aliphatic carbocycles. The summed E-state index contributed by atoms with van der Waals surface area (Å²) in [5, 5.41) is 3.73. The molecule has 1 aromatic heterocycles. The van der Waals surface area contributed by atoms with Gasteiger partial charge in [0.2, 0.25) is 5.91 Å².